The van der Waals surface area contributed by atoms with E-state index in [1.807, 2.05) is 31.2 Å². The summed E-state index contributed by atoms with van der Waals surface area (Å²) in [5.41, 5.74) is 2.53. The number of nitrogens with one attached hydrogen (secondary N) is 2. The Bertz CT molecular complexity index is 1350. The quantitative estimate of drug-likeness (QED) is 0.684. The van der Waals surface area contributed by atoms with Crippen molar-refractivity contribution in [1.82, 2.24) is 9.55 Å². The lowest BCUT2D eigenvalue weighted by Crippen LogP contribution is -2.38. The van der Waals surface area contributed by atoms with Gasteiger partial charge in [-0.05, 0) is 24.6 Å². The molecule has 1 aliphatic heterocycles. The molecule has 0 spiro atoms. The summed E-state index contributed by atoms with van der Waals surface area (Å²) >= 11 is 6.23. The fourth-order valence-corrected chi connectivity index (χ4v) is 4.48. The number of allylic oxidation sites excluding steroid dienone is 1. The minimum Gasteiger partial charge on any atom is -0.340 e. The molecule has 7 heteroatoms. The fourth-order valence-electron chi connectivity index (χ4n) is 4.29. The highest BCUT2D eigenvalue weighted by Crippen LogP contribution is 2.47. The van der Waals surface area contributed by atoms with Gasteiger partial charge in [0.15, 0.2) is 5.78 Å². The number of ketones is 1. The zero-order valence-electron chi connectivity index (χ0n) is 15.5. The third-order valence-electron chi connectivity index (χ3n) is 5.51. The SMILES string of the molecule is CCn1c2c(c(=O)[nH]c1=O)C(c1cccc(Cl)c1)C1=C(N2)c2ccccc2C1=O. The number of rotatable bonds is 2. The van der Waals surface area contributed by atoms with Gasteiger partial charge in [-0.15, -0.1) is 0 Å². The fraction of sp³-hybridized carbons (Fsp3) is 0.136. The van der Waals surface area contributed by atoms with Crippen LogP contribution in [0.2, 0.25) is 5.02 Å². The maximum Gasteiger partial charge on any atom is 0.329 e. The Morgan fingerprint density at radius 3 is 2.52 bits per heavy atom. The largest absolute Gasteiger partial charge is 0.340 e. The summed E-state index contributed by atoms with van der Waals surface area (Å²) < 4.78 is 1.48. The van der Waals surface area contributed by atoms with E-state index in [1.54, 1.807) is 24.3 Å². The monoisotopic (exact) mass is 405 g/mol. The molecule has 144 valence electrons. The standard InChI is InChI=1S/C22H16ClN3O3/c1-2-26-20-17(21(28)25-22(26)29)15(11-6-5-7-12(23)10-11)16-18(24-20)13-8-3-4-9-14(13)19(16)27/h3-10,15,24H,2H2,1H3,(H,25,28,29). The van der Waals surface area contributed by atoms with Crippen molar-refractivity contribution >= 4 is 28.9 Å². The highest BCUT2D eigenvalue weighted by atomic mass is 35.5. The van der Waals surface area contributed by atoms with Crippen LogP contribution in [0.5, 0.6) is 0 Å². The number of aromatic nitrogens is 2. The smallest absolute Gasteiger partial charge is 0.329 e. The third-order valence-corrected chi connectivity index (χ3v) is 5.74. The molecule has 2 heterocycles. The Hall–Kier alpha value is -3.38. The van der Waals surface area contributed by atoms with Gasteiger partial charge in [0.05, 0.1) is 11.3 Å². The number of hydrogen-bond donors (Lipinski definition) is 2. The van der Waals surface area contributed by atoms with E-state index in [9.17, 15) is 14.4 Å². The second kappa shape index (κ2) is 6.32. The van der Waals surface area contributed by atoms with Gasteiger partial charge in [-0.2, -0.15) is 0 Å². The second-order valence-corrected chi connectivity index (χ2v) is 7.48. The van der Waals surface area contributed by atoms with E-state index in [-0.39, 0.29) is 5.78 Å². The van der Waals surface area contributed by atoms with Gasteiger partial charge in [-0.3, -0.25) is 19.1 Å². The number of halogens is 1. The molecule has 3 aromatic rings. The summed E-state index contributed by atoms with van der Waals surface area (Å²) in [7, 11) is 0. The summed E-state index contributed by atoms with van der Waals surface area (Å²) in [4.78, 5) is 41.0. The van der Waals surface area contributed by atoms with Gasteiger partial charge in [0.2, 0.25) is 0 Å². The van der Waals surface area contributed by atoms with Gasteiger partial charge >= 0.3 is 5.69 Å². The number of nitrogens with zero attached hydrogens (tertiary/aromatic N) is 1. The number of fused-ring (bicyclic) bond motifs is 3. The third kappa shape index (κ3) is 2.46. The summed E-state index contributed by atoms with van der Waals surface area (Å²) in [5, 5.41) is 3.74. The number of aromatic amines is 1. The second-order valence-electron chi connectivity index (χ2n) is 7.04. The van der Waals surface area contributed by atoms with Gasteiger partial charge in [-0.25, -0.2) is 4.79 Å². The maximum absolute atomic E-state index is 13.3. The van der Waals surface area contributed by atoms with Crippen LogP contribution in [0.3, 0.4) is 0 Å². The van der Waals surface area contributed by atoms with Crippen LogP contribution in [0.25, 0.3) is 5.70 Å². The Morgan fingerprint density at radius 2 is 1.79 bits per heavy atom. The topological polar surface area (TPSA) is 84.0 Å². The van der Waals surface area contributed by atoms with E-state index < -0.39 is 17.2 Å². The molecule has 5 rings (SSSR count). The van der Waals surface area contributed by atoms with Gasteiger partial charge < -0.3 is 5.32 Å². The van der Waals surface area contributed by atoms with E-state index in [2.05, 4.69) is 10.3 Å². The molecule has 6 nitrogen and oxygen atoms in total. The van der Waals surface area contributed by atoms with Gasteiger partial charge in [0, 0.05) is 34.2 Å². The molecule has 0 saturated carbocycles. The summed E-state index contributed by atoms with van der Waals surface area (Å²) in [6, 6.07) is 14.4. The Labute approximate surface area is 170 Å². The Morgan fingerprint density at radius 1 is 1.03 bits per heavy atom. The molecular formula is C22H16ClN3O3. The predicted octanol–water partition coefficient (Wildman–Crippen LogP) is 3.37. The minimum atomic E-state index is -0.637. The first-order valence-corrected chi connectivity index (χ1v) is 9.66. The van der Waals surface area contributed by atoms with Crippen LogP contribution >= 0.6 is 11.6 Å². The van der Waals surface area contributed by atoms with E-state index in [4.69, 9.17) is 11.6 Å². The number of carbonyl (C=O) groups excluding carboxylic acids is 1. The van der Waals surface area contributed by atoms with E-state index in [1.165, 1.54) is 4.57 Å². The molecule has 1 aromatic heterocycles. The number of Topliss-reactive ketones (excluding diaryl/α,β-unsaturated/α-hetero) is 1. The number of carbonyl (C=O) groups is 1. The summed E-state index contributed by atoms with van der Waals surface area (Å²) in [5.74, 6) is -0.358. The molecule has 1 aliphatic carbocycles. The van der Waals surface area contributed by atoms with Crippen molar-refractivity contribution in [2.75, 3.05) is 5.32 Å². The van der Waals surface area contributed by atoms with Gasteiger partial charge in [0.1, 0.15) is 5.82 Å². The zero-order valence-corrected chi connectivity index (χ0v) is 16.2. The van der Waals surface area contributed by atoms with Crippen molar-refractivity contribution < 1.29 is 4.79 Å². The van der Waals surface area contributed by atoms with E-state index >= 15 is 0 Å². The molecule has 0 radical (unpaired) electrons. The maximum atomic E-state index is 13.3. The Kier molecular flexibility index (Phi) is 3.86. The van der Waals surface area contributed by atoms with Crippen LogP contribution in [0, 0.1) is 0 Å². The number of hydrogen-bond acceptors (Lipinski definition) is 4. The molecule has 2 aliphatic rings. The minimum absolute atomic E-state index is 0.132. The molecule has 1 unspecified atom stereocenters. The van der Waals surface area contributed by atoms with Crippen molar-refractivity contribution in [2.24, 2.45) is 0 Å². The van der Waals surface area contributed by atoms with Crippen LogP contribution in [0.15, 0.2) is 63.7 Å². The predicted molar refractivity (Wildman–Crippen MR) is 112 cm³/mol. The van der Waals surface area contributed by atoms with Crippen LogP contribution < -0.4 is 16.6 Å². The lowest BCUT2D eigenvalue weighted by molar-refractivity contribution is 0.103. The molecule has 0 amide bonds. The van der Waals surface area contributed by atoms with Gasteiger partial charge in [0.25, 0.3) is 5.56 Å². The van der Waals surface area contributed by atoms with Crippen molar-refractivity contribution in [2.45, 2.75) is 19.4 Å². The molecule has 29 heavy (non-hydrogen) atoms. The lowest BCUT2D eigenvalue weighted by atomic mass is 9.81. The van der Waals surface area contributed by atoms with Crippen LogP contribution in [-0.2, 0) is 6.54 Å². The van der Waals surface area contributed by atoms with E-state index in [0.29, 0.717) is 39.8 Å². The molecule has 2 aromatic carbocycles. The average Bonchev–Trinajstić information content (AvgIpc) is 2.99. The van der Waals surface area contributed by atoms with Crippen LogP contribution in [-0.4, -0.2) is 15.3 Å². The number of H-pyrrole nitrogens is 1. The lowest BCUT2D eigenvalue weighted by Gasteiger charge is -2.29. The van der Waals surface area contributed by atoms with Gasteiger partial charge in [-0.1, -0.05) is 48.0 Å². The van der Waals surface area contributed by atoms with Crippen molar-refractivity contribution in [1.29, 1.82) is 0 Å². The Balaban J connectivity index is 1.89. The summed E-state index contributed by atoms with van der Waals surface area (Å²) in [6.45, 7) is 2.19. The highest BCUT2D eigenvalue weighted by Gasteiger charge is 2.42. The molecule has 0 bridgehead atoms. The first-order valence-electron chi connectivity index (χ1n) is 9.29. The van der Waals surface area contributed by atoms with E-state index in [0.717, 1.165) is 11.1 Å². The first kappa shape index (κ1) is 17.7. The molecule has 0 fully saturated rings. The average molecular weight is 406 g/mol. The highest BCUT2D eigenvalue weighted by molar-refractivity contribution is 6.30. The van der Waals surface area contributed by atoms with Crippen molar-refractivity contribution in [3.63, 3.8) is 0 Å². The molecular weight excluding hydrogens is 390 g/mol. The number of benzene rings is 2. The van der Waals surface area contributed by atoms with Crippen LogP contribution in [0.4, 0.5) is 5.82 Å². The summed E-state index contributed by atoms with van der Waals surface area (Å²) in [6.07, 6.45) is 0. The zero-order chi connectivity index (χ0) is 20.3. The molecule has 1 atom stereocenters. The normalized spacial score (nSPS) is 16.9. The van der Waals surface area contributed by atoms with Crippen molar-refractivity contribution in [3.05, 3.63) is 102 Å². The molecule has 0 saturated heterocycles. The first-order chi connectivity index (χ1) is 14.0. The van der Waals surface area contributed by atoms with Crippen LogP contribution in [0.1, 0.15) is 39.9 Å². The molecule has 2 N–H and O–H groups in total. The van der Waals surface area contributed by atoms with Crippen molar-refractivity contribution in [3.8, 4) is 0 Å². The number of anilines is 1.